The number of hydrogen-bond donors (Lipinski definition) is 0. The van der Waals surface area contributed by atoms with Gasteiger partial charge in [0.1, 0.15) is 6.10 Å². The molecule has 2 aliphatic carbocycles. The minimum atomic E-state index is 0.0694. The molecule has 3 heteroatoms. The number of esters is 1. The summed E-state index contributed by atoms with van der Waals surface area (Å²) < 4.78 is 5.81. The van der Waals surface area contributed by atoms with Gasteiger partial charge in [-0.1, -0.05) is 31.6 Å². The third-order valence-electron chi connectivity index (χ3n) is 5.99. The third kappa shape index (κ3) is 7.06. The van der Waals surface area contributed by atoms with E-state index in [1.54, 1.807) is 6.08 Å². The van der Waals surface area contributed by atoms with E-state index in [0.717, 1.165) is 56.8 Å². The smallest absolute Gasteiger partial charge is 0.309 e. The predicted molar refractivity (Wildman–Crippen MR) is 101 cm³/mol. The first-order valence-corrected chi connectivity index (χ1v) is 10.1. The summed E-state index contributed by atoms with van der Waals surface area (Å²) in [5.41, 5.74) is 0. The van der Waals surface area contributed by atoms with Gasteiger partial charge in [-0.2, -0.15) is 5.26 Å². The Morgan fingerprint density at radius 2 is 1.72 bits per heavy atom. The van der Waals surface area contributed by atoms with Gasteiger partial charge >= 0.3 is 5.97 Å². The lowest BCUT2D eigenvalue weighted by atomic mass is 9.80. The van der Waals surface area contributed by atoms with E-state index >= 15 is 0 Å². The molecule has 0 aromatic rings. The fourth-order valence-corrected chi connectivity index (χ4v) is 4.21. The van der Waals surface area contributed by atoms with Crippen molar-refractivity contribution >= 4 is 5.97 Å². The second-order valence-corrected chi connectivity index (χ2v) is 7.70. The summed E-state index contributed by atoms with van der Waals surface area (Å²) in [4.78, 5) is 12.4. The number of carbonyl (C=O) groups excluding carboxylic acids is 1. The van der Waals surface area contributed by atoms with Gasteiger partial charge in [0.05, 0.1) is 12.0 Å². The highest BCUT2D eigenvalue weighted by Gasteiger charge is 2.30. The molecule has 0 saturated heterocycles. The lowest BCUT2D eigenvalue weighted by Crippen LogP contribution is -2.30. The van der Waals surface area contributed by atoms with Crippen LogP contribution in [-0.2, 0) is 9.53 Å². The SMILES string of the molecule is CCC1CCC(OC(=O)C2CCC(CCC=CC=CC#N)CC2)CC1. The van der Waals surface area contributed by atoms with Crippen molar-refractivity contribution in [2.45, 2.75) is 83.7 Å². The van der Waals surface area contributed by atoms with Gasteiger partial charge in [-0.05, 0) is 76.0 Å². The van der Waals surface area contributed by atoms with E-state index in [-0.39, 0.29) is 18.0 Å². The molecule has 0 aliphatic heterocycles. The summed E-state index contributed by atoms with van der Waals surface area (Å²) in [6.45, 7) is 2.26. The maximum absolute atomic E-state index is 12.4. The summed E-state index contributed by atoms with van der Waals surface area (Å²) in [7, 11) is 0. The average Bonchev–Trinajstić information content (AvgIpc) is 2.65. The minimum absolute atomic E-state index is 0.0694. The first kappa shape index (κ1) is 19.8. The first-order chi connectivity index (χ1) is 12.2. The van der Waals surface area contributed by atoms with E-state index in [1.807, 2.05) is 12.1 Å². The maximum atomic E-state index is 12.4. The molecule has 0 heterocycles. The molecule has 0 N–H and O–H groups in total. The van der Waals surface area contributed by atoms with Crippen LogP contribution in [0.15, 0.2) is 24.3 Å². The van der Waals surface area contributed by atoms with Crippen LogP contribution in [0.2, 0.25) is 0 Å². The molecule has 0 amide bonds. The molecule has 0 bridgehead atoms. The fourth-order valence-electron chi connectivity index (χ4n) is 4.21. The van der Waals surface area contributed by atoms with Gasteiger partial charge in [0, 0.05) is 6.08 Å². The van der Waals surface area contributed by atoms with Crippen molar-refractivity contribution < 1.29 is 9.53 Å². The van der Waals surface area contributed by atoms with Gasteiger partial charge in [0.25, 0.3) is 0 Å². The van der Waals surface area contributed by atoms with Crippen LogP contribution in [0.25, 0.3) is 0 Å². The number of allylic oxidation sites excluding steroid dienone is 4. The van der Waals surface area contributed by atoms with E-state index in [9.17, 15) is 4.79 Å². The first-order valence-electron chi connectivity index (χ1n) is 10.1. The van der Waals surface area contributed by atoms with Gasteiger partial charge in [-0.25, -0.2) is 0 Å². The highest BCUT2D eigenvalue weighted by atomic mass is 16.5. The highest BCUT2D eigenvalue weighted by Crippen LogP contribution is 2.34. The van der Waals surface area contributed by atoms with Crippen molar-refractivity contribution in [3.05, 3.63) is 24.3 Å². The quantitative estimate of drug-likeness (QED) is 0.337. The van der Waals surface area contributed by atoms with Crippen molar-refractivity contribution in [1.82, 2.24) is 0 Å². The Kier molecular flexibility index (Phi) is 8.80. The number of hydrogen-bond acceptors (Lipinski definition) is 3. The van der Waals surface area contributed by atoms with E-state index in [4.69, 9.17) is 10.00 Å². The second-order valence-electron chi connectivity index (χ2n) is 7.70. The Bertz CT molecular complexity index is 487. The topological polar surface area (TPSA) is 50.1 Å². The monoisotopic (exact) mass is 343 g/mol. The van der Waals surface area contributed by atoms with Gasteiger partial charge in [0.2, 0.25) is 0 Å². The van der Waals surface area contributed by atoms with E-state index in [1.165, 1.54) is 31.8 Å². The van der Waals surface area contributed by atoms with Crippen molar-refractivity contribution in [3.8, 4) is 6.07 Å². The molecule has 2 aliphatic rings. The Labute approximate surface area is 153 Å². The number of ether oxygens (including phenoxy) is 1. The van der Waals surface area contributed by atoms with Crippen LogP contribution in [0, 0.1) is 29.1 Å². The standard InChI is InChI=1S/C22H33NO2/c1-2-18-11-15-21(16-12-18)25-22(24)20-13-9-19(10-14-20)8-6-4-3-5-7-17-23/h3-5,7,18-21H,2,6,8-16H2,1H3. The van der Waals surface area contributed by atoms with Crippen LogP contribution in [0.3, 0.4) is 0 Å². The molecule has 2 rings (SSSR count). The molecule has 3 nitrogen and oxygen atoms in total. The lowest BCUT2D eigenvalue weighted by molar-refractivity contribution is -0.157. The zero-order chi connectivity index (χ0) is 17.9. The minimum Gasteiger partial charge on any atom is -0.462 e. The highest BCUT2D eigenvalue weighted by molar-refractivity contribution is 5.72. The van der Waals surface area contributed by atoms with Crippen molar-refractivity contribution in [3.63, 3.8) is 0 Å². The summed E-state index contributed by atoms with van der Waals surface area (Å²) >= 11 is 0. The van der Waals surface area contributed by atoms with Gasteiger partial charge in [-0.3, -0.25) is 4.79 Å². The zero-order valence-corrected chi connectivity index (χ0v) is 15.7. The Hall–Kier alpha value is -1.56. The molecular weight excluding hydrogens is 310 g/mol. The fraction of sp³-hybridized carbons (Fsp3) is 0.727. The molecule has 2 fully saturated rings. The maximum Gasteiger partial charge on any atom is 0.309 e. The predicted octanol–water partition coefficient (Wildman–Crippen LogP) is 5.72. The zero-order valence-electron chi connectivity index (χ0n) is 15.7. The van der Waals surface area contributed by atoms with Gasteiger partial charge < -0.3 is 4.74 Å². The molecule has 0 aromatic carbocycles. The van der Waals surface area contributed by atoms with E-state index in [0.29, 0.717) is 0 Å². The number of rotatable bonds is 7. The molecular formula is C22H33NO2. The molecule has 0 aromatic heterocycles. The Balaban J connectivity index is 1.61. The lowest BCUT2D eigenvalue weighted by Gasteiger charge is -2.31. The molecule has 138 valence electrons. The summed E-state index contributed by atoms with van der Waals surface area (Å²) in [6, 6.07) is 1.98. The molecule has 0 radical (unpaired) electrons. The van der Waals surface area contributed by atoms with Crippen LogP contribution in [-0.4, -0.2) is 12.1 Å². The largest absolute Gasteiger partial charge is 0.462 e. The van der Waals surface area contributed by atoms with Crippen LogP contribution in [0.4, 0.5) is 0 Å². The number of nitriles is 1. The van der Waals surface area contributed by atoms with Gasteiger partial charge in [0.15, 0.2) is 0 Å². The van der Waals surface area contributed by atoms with Gasteiger partial charge in [-0.15, -0.1) is 0 Å². The molecule has 0 atom stereocenters. The third-order valence-corrected chi connectivity index (χ3v) is 5.99. The Morgan fingerprint density at radius 3 is 2.36 bits per heavy atom. The van der Waals surface area contributed by atoms with Crippen molar-refractivity contribution in [1.29, 1.82) is 5.26 Å². The van der Waals surface area contributed by atoms with E-state index < -0.39 is 0 Å². The molecule has 2 saturated carbocycles. The molecule has 25 heavy (non-hydrogen) atoms. The summed E-state index contributed by atoms with van der Waals surface area (Å²) in [5.74, 6) is 1.78. The van der Waals surface area contributed by atoms with Crippen molar-refractivity contribution in [2.24, 2.45) is 17.8 Å². The van der Waals surface area contributed by atoms with Crippen molar-refractivity contribution in [2.75, 3.05) is 0 Å². The van der Waals surface area contributed by atoms with Crippen LogP contribution in [0.1, 0.15) is 77.6 Å². The molecule has 0 spiro atoms. The Morgan fingerprint density at radius 1 is 1.04 bits per heavy atom. The second kappa shape index (κ2) is 11.1. The van der Waals surface area contributed by atoms with E-state index in [2.05, 4.69) is 13.0 Å². The van der Waals surface area contributed by atoms with Crippen LogP contribution < -0.4 is 0 Å². The normalized spacial score (nSPS) is 30.4. The number of carbonyl (C=O) groups is 1. The summed E-state index contributed by atoms with van der Waals surface area (Å²) in [5, 5.41) is 8.41. The van der Waals surface area contributed by atoms with Crippen LogP contribution >= 0.6 is 0 Å². The average molecular weight is 344 g/mol. The van der Waals surface area contributed by atoms with Crippen LogP contribution in [0.5, 0.6) is 0 Å². The number of nitrogens with zero attached hydrogens (tertiary/aromatic N) is 1. The molecule has 0 unspecified atom stereocenters. The summed E-state index contributed by atoms with van der Waals surface area (Å²) in [6.07, 6.45) is 19.8.